The van der Waals surface area contributed by atoms with Gasteiger partial charge in [0, 0.05) is 19.1 Å². The van der Waals surface area contributed by atoms with E-state index >= 15 is 0 Å². The van der Waals surface area contributed by atoms with E-state index in [1.54, 1.807) is 0 Å². The molecular weight excluding hydrogens is 252 g/mol. The van der Waals surface area contributed by atoms with E-state index in [2.05, 4.69) is 38.2 Å². The van der Waals surface area contributed by atoms with Crippen molar-refractivity contribution in [3.05, 3.63) is 30.3 Å². The van der Waals surface area contributed by atoms with Crippen molar-refractivity contribution in [2.75, 3.05) is 33.8 Å². The van der Waals surface area contributed by atoms with E-state index in [1.807, 2.05) is 30.3 Å². The highest BCUT2D eigenvalue weighted by atomic mass is 16.5. The van der Waals surface area contributed by atoms with Gasteiger partial charge in [-0.2, -0.15) is 0 Å². The molecule has 0 saturated carbocycles. The third-order valence-electron chi connectivity index (χ3n) is 3.17. The van der Waals surface area contributed by atoms with E-state index in [-0.39, 0.29) is 0 Å². The van der Waals surface area contributed by atoms with Gasteiger partial charge in [-0.25, -0.2) is 0 Å². The number of aliphatic hydroxyl groups excluding tert-OH is 1. The molecule has 2 atom stereocenters. The zero-order valence-corrected chi connectivity index (χ0v) is 13.0. The molecule has 20 heavy (non-hydrogen) atoms. The second kappa shape index (κ2) is 8.95. The van der Waals surface area contributed by atoms with Crippen LogP contribution in [-0.2, 0) is 0 Å². The number of nitrogens with zero attached hydrogens (tertiary/aromatic N) is 1. The molecule has 0 bridgehead atoms. The van der Waals surface area contributed by atoms with Gasteiger partial charge in [-0.1, -0.05) is 32.0 Å². The van der Waals surface area contributed by atoms with Gasteiger partial charge in [-0.05, 0) is 32.1 Å². The molecule has 0 heterocycles. The SMILES string of the molecule is CC(C)C(CN(C)C)NCC(O)COc1ccccc1. The molecule has 0 saturated heterocycles. The lowest BCUT2D eigenvalue weighted by atomic mass is 10.0. The molecule has 1 aromatic carbocycles. The Morgan fingerprint density at radius 3 is 2.40 bits per heavy atom. The maximum absolute atomic E-state index is 9.97. The van der Waals surface area contributed by atoms with Crippen LogP contribution in [0.5, 0.6) is 5.75 Å². The Hall–Kier alpha value is -1.10. The van der Waals surface area contributed by atoms with Gasteiger partial charge in [0.25, 0.3) is 0 Å². The number of hydrogen-bond acceptors (Lipinski definition) is 4. The summed E-state index contributed by atoms with van der Waals surface area (Å²) in [5.41, 5.74) is 0. The summed E-state index contributed by atoms with van der Waals surface area (Å²) in [5.74, 6) is 1.32. The second-order valence-corrected chi connectivity index (χ2v) is 5.80. The molecule has 0 aliphatic carbocycles. The standard InChI is InChI=1S/C16H28N2O2/c1-13(2)16(11-18(3)4)17-10-14(19)12-20-15-8-6-5-7-9-15/h5-9,13-14,16-17,19H,10-12H2,1-4H3. The molecule has 4 heteroatoms. The van der Waals surface area contributed by atoms with Crippen molar-refractivity contribution in [3.63, 3.8) is 0 Å². The van der Waals surface area contributed by atoms with Gasteiger partial charge in [0.1, 0.15) is 18.5 Å². The van der Waals surface area contributed by atoms with Crippen molar-refractivity contribution in [3.8, 4) is 5.75 Å². The molecule has 4 nitrogen and oxygen atoms in total. The van der Waals surface area contributed by atoms with Crippen molar-refractivity contribution >= 4 is 0 Å². The lowest BCUT2D eigenvalue weighted by molar-refractivity contribution is 0.0996. The van der Waals surface area contributed by atoms with Gasteiger partial charge in [0.15, 0.2) is 0 Å². The lowest BCUT2D eigenvalue weighted by Crippen LogP contribution is -2.45. The number of hydrogen-bond donors (Lipinski definition) is 2. The lowest BCUT2D eigenvalue weighted by Gasteiger charge is -2.26. The van der Waals surface area contributed by atoms with Crippen molar-refractivity contribution in [1.82, 2.24) is 10.2 Å². The number of likely N-dealkylation sites (N-methyl/N-ethyl adjacent to an activating group) is 1. The Labute approximate surface area is 122 Å². The third kappa shape index (κ3) is 6.89. The van der Waals surface area contributed by atoms with Crippen molar-refractivity contribution in [1.29, 1.82) is 0 Å². The van der Waals surface area contributed by atoms with Crippen LogP contribution in [0.15, 0.2) is 30.3 Å². The Bertz CT molecular complexity index is 355. The topological polar surface area (TPSA) is 44.7 Å². The van der Waals surface area contributed by atoms with Gasteiger partial charge in [-0.3, -0.25) is 0 Å². The minimum absolute atomic E-state index is 0.309. The van der Waals surface area contributed by atoms with Gasteiger partial charge in [0.2, 0.25) is 0 Å². The predicted molar refractivity (Wildman–Crippen MR) is 83.1 cm³/mol. The second-order valence-electron chi connectivity index (χ2n) is 5.80. The summed E-state index contributed by atoms with van der Waals surface area (Å²) in [6.07, 6.45) is -0.501. The Kier molecular flexibility index (Phi) is 7.59. The maximum atomic E-state index is 9.97. The van der Waals surface area contributed by atoms with E-state index in [4.69, 9.17) is 4.74 Å². The summed E-state index contributed by atoms with van der Waals surface area (Å²) in [4.78, 5) is 2.16. The number of para-hydroxylation sites is 1. The molecule has 114 valence electrons. The minimum atomic E-state index is -0.501. The Morgan fingerprint density at radius 1 is 1.20 bits per heavy atom. The first-order chi connectivity index (χ1) is 9.49. The molecular formula is C16H28N2O2. The highest BCUT2D eigenvalue weighted by Crippen LogP contribution is 2.08. The molecule has 0 fully saturated rings. The van der Waals surface area contributed by atoms with E-state index < -0.39 is 6.10 Å². The fraction of sp³-hybridized carbons (Fsp3) is 0.625. The minimum Gasteiger partial charge on any atom is -0.491 e. The number of rotatable bonds is 9. The summed E-state index contributed by atoms with van der Waals surface area (Å²) in [6.45, 7) is 6.19. The molecule has 0 radical (unpaired) electrons. The van der Waals surface area contributed by atoms with Gasteiger partial charge in [0.05, 0.1) is 0 Å². The molecule has 2 N–H and O–H groups in total. The first kappa shape index (κ1) is 17.0. The fourth-order valence-electron chi connectivity index (χ4n) is 1.96. The summed E-state index contributed by atoms with van der Waals surface area (Å²) in [7, 11) is 4.12. The average molecular weight is 280 g/mol. The quantitative estimate of drug-likeness (QED) is 0.721. The van der Waals surface area contributed by atoms with Crippen LogP contribution in [0.3, 0.4) is 0 Å². The molecule has 0 aliphatic rings. The highest BCUT2D eigenvalue weighted by Gasteiger charge is 2.15. The number of aliphatic hydroxyl groups is 1. The van der Waals surface area contributed by atoms with Crippen LogP contribution in [0, 0.1) is 5.92 Å². The average Bonchev–Trinajstić information content (AvgIpc) is 2.41. The van der Waals surface area contributed by atoms with E-state index in [0.29, 0.717) is 25.1 Å². The summed E-state index contributed by atoms with van der Waals surface area (Å²) in [5, 5.41) is 13.4. The summed E-state index contributed by atoms with van der Waals surface area (Å²) < 4.78 is 5.54. The zero-order chi connectivity index (χ0) is 15.0. The van der Waals surface area contributed by atoms with Crippen LogP contribution in [0.1, 0.15) is 13.8 Å². The number of ether oxygens (including phenoxy) is 1. The first-order valence-electron chi connectivity index (χ1n) is 7.23. The number of benzene rings is 1. The summed E-state index contributed by atoms with van der Waals surface area (Å²) >= 11 is 0. The van der Waals surface area contributed by atoms with E-state index in [9.17, 15) is 5.11 Å². The molecule has 0 spiro atoms. The van der Waals surface area contributed by atoms with Crippen LogP contribution in [0.25, 0.3) is 0 Å². The molecule has 1 rings (SSSR count). The fourth-order valence-corrected chi connectivity index (χ4v) is 1.96. The predicted octanol–water partition coefficient (Wildman–Crippen LogP) is 1.60. The van der Waals surface area contributed by atoms with Gasteiger partial charge in [-0.15, -0.1) is 0 Å². The van der Waals surface area contributed by atoms with Crippen molar-refractivity contribution in [2.24, 2.45) is 5.92 Å². The van der Waals surface area contributed by atoms with E-state index in [1.165, 1.54) is 0 Å². The van der Waals surface area contributed by atoms with Crippen molar-refractivity contribution < 1.29 is 9.84 Å². The highest BCUT2D eigenvalue weighted by molar-refractivity contribution is 5.20. The largest absolute Gasteiger partial charge is 0.491 e. The number of nitrogens with one attached hydrogen (secondary N) is 1. The Balaban J connectivity index is 2.29. The Morgan fingerprint density at radius 2 is 1.85 bits per heavy atom. The molecule has 1 aromatic rings. The maximum Gasteiger partial charge on any atom is 0.119 e. The molecule has 0 amide bonds. The van der Waals surface area contributed by atoms with Crippen LogP contribution in [0.4, 0.5) is 0 Å². The summed E-state index contributed by atoms with van der Waals surface area (Å²) in [6, 6.07) is 9.94. The van der Waals surface area contributed by atoms with Crippen LogP contribution >= 0.6 is 0 Å². The molecule has 0 aliphatic heterocycles. The van der Waals surface area contributed by atoms with Crippen molar-refractivity contribution in [2.45, 2.75) is 26.0 Å². The monoisotopic (exact) mass is 280 g/mol. The van der Waals surface area contributed by atoms with Gasteiger partial charge < -0.3 is 20.1 Å². The van der Waals surface area contributed by atoms with Gasteiger partial charge >= 0.3 is 0 Å². The third-order valence-corrected chi connectivity index (χ3v) is 3.17. The molecule has 0 aromatic heterocycles. The molecule has 2 unspecified atom stereocenters. The van der Waals surface area contributed by atoms with Crippen LogP contribution < -0.4 is 10.1 Å². The van der Waals surface area contributed by atoms with E-state index in [0.717, 1.165) is 12.3 Å². The zero-order valence-electron chi connectivity index (χ0n) is 13.0. The first-order valence-corrected chi connectivity index (χ1v) is 7.23. The normalized spacial score (nSPS) is 14.6. The van der Waals surface area contributed by atoms with Crippen LogP contribution in [-0.4, -0.2) is 55.9 Å². The van der Waals surface area contributed by atoms with Crippen LogP contribution in [0.2, 0.25) is 0 Å². The smallest absolute Gasteiger partial charge is 0.119 e.